The number of benzene rings is 1. The summed E-state index contributed by atoms with van der Waals surface area (Å²) in [5.41, 5.74) is 1.70. The van der Waals surface area contributed by atoms with Crippen molar-refractivity contribution in [1.82, 2.24) is 19.7 Å². The van der Waals surface area contributed by atoms with Crippen molar-refractivity contribution in [2.45, 2.75) is 70.8 Å². The van der Waals surface area contributed by atoms with Gasteiger partial charge in [0.25, 0.3) is 0 Å². The average Bonchev–Trinajstić information content (AvgIpc) is 3.21. The van der Waals surface area contributed by atoms with E-state index in [0.29, 0.717) is 23.2 Å². The second kappa shape index (κ2) is 7.19. The minimum Gasteiger partial charge on any atom is -0.340 e. The monoisotopic (exact) mass is 426 g/mol. The number of carbonyl (C=O) groups is 2. The summed E-state index contributed by atoms with van der Waals surface area (Å²) in [4.78, 5) is 27.5. The molecule has 0 N–H and O–H groups in total. The van der Waals surface area contributed by atoms with E-state index < -0.39 is 0 Å². The number of halogens is 1. The molecule has 1 aromatic heterocycles. The lowest BCUT2D eigenvalue weighted by atomic mass is 9.69. The summed E-state index contributed by atoms with van der Waals surface area (Å²) in [7, 11) is 0. The number of carbonyl (C=O) groups excluding carboxylic acids is 2. The van der Waals surface area contributed by atoms with Gasteiger partial charge in [0, 0.05) is 29.9 Å². The Labute approximate surface area is 181 Å². The van der Waals surface area contributed by atoms with E-state index in [9.17, 15) is 9.59 Å². The largest absolute Gasteiger partial charge is 0.340 e. The predicted molar refractivity (Wildman–Crippen MR) is 114 cm³/mol. The lowest BCUT2D eigenvalue weighted by Crippen LogP contribution is -2.40. The van der Waals surface area contributed by atoms with Crippen molar-refractivity contribution in [2.75, 3.05) is 6.54 Å². The Morgan fingerprint density at radius 2 is 1.87 bits per heavy atom. The highest BCUT2D eigenvalue weighted by molar-refractivity contribution is 6.30. The van der Waals surface area contributed by atoms with Crippen LogP contribution in [0, 0.1) is 5.41 Å². The molecule has 2 aromatic rings. The van der Waals surface area contributed by atoms with Gasteiger partial charge in [-0.05, 0) is 69.7 Å². The Hall–Kier alpha value is -2.21. The number of hydrogen-bond acceptors (Lipinski definition) is 4. The Morgan fingerprint density at radius 1 is 1.10 bits per heavy atom. The zero-order valence-corrected chi connectivity index (χ0v) is 18.3. The first kappa shape index (κ1) is 19.7. The SMILES string of the molecule is CC(C)N1CCC2(CCC(c3nnc4n3-c3ccc(Cl)cc3CC(=O)C4)CC2)C1=O. The molecule has 0 atom stereocenters. The number of aromatic nitrogens is 3. The second-order valence-corrected chi connectivity index (χ2v) is 9.81. The van der Waals surface area contributed by atoms with Crippen LogP contribution in [0.5, 0.6) is 0 Å². The third-order valence-electron chi connectivity index (χ3n) is 7.26. The molecular weight excluding hydrogens is 400 g/mol. The zero-order chi connectivity index (χ0) is 21.0. The fourth-order valence-electron chi connectivity index (χ4n) is 5.57. The minimum atomic E-state index is -0.191. The van der Waals surface area contributed by atoms with Gasteiger partial charge < -0.3 is 4.90 Å². The van der Waals surface area contributed by atoms with Crippen LogP contribution in [-0.2, 0) is 22.4 Å². The Bertz CT molecular complexity index is 1020. The summed E-state index contributed by atoms with van der Waals surface area (Å²) in [6.45, 7) is 5.07. The van der Waals surface area contributed by atoms with Crippen LogP contribution in [0.3, 0.4) is 0 Å². The highest BCUT2D eigenvalue weighted by Gasteiger charge is 2.49. The van der Waals surface area contributed by atoms with Gasteiger partial charge in [-0.25, -0.2) is 0 Å². The van der Waals surface area contributed by atoms with E-state index in [-0.39, 0.29) is 29.6 Å². The molecular formula is C23H27ClN4O2. The first-order valence-corrected chi connectivity index (χ1v) is 11.3. The highest BCUT2D eigenvalue weighted by Crippen LogP contribution is 2.49. The van der Waals surface area contributed by atoms with Crippen LogP contribution >= 0.6 is 11.6 Å². The molecule has 3 heterocycles. The molecule has 1 spiro atoms. The molecule has 1 aromatic carbocycles. The van der Waals surface area contributed by atoms with Crippen LogP contribution in [-0.4, -0.2) is 43.9 Å². The standard InChI is InChI=1S/C23H27ClN4O2/c1-14(2)27-10-9-23(22(27)30)7-5-15(6-8-23)21-26-25-20-13-18(29)12-16-11-17(24)3-4-19(16)28(20)21/h3-4,11,14-15H,5-10,12-13H2,1-2H3. The van der Waals surface area contributed by atoms with Crippen molar-refractivity contribution < 1.29 is 9.59 Å². The first-order valence-electron chi connectivity index (χ1n) is 10.9. The van der Waals surface area contributed by atoms with Gasteiger partial charge in [-0.1, -0.05) is 11.6 Å². The molecule has 3 aliphatic rings. The van der Waals surface area contributed by atoms with Crippen molar-refractivity contribution in [3.8, 4) is 5.69 Å². The summed E-state index contributed by atoms with van der Waals surface area (Å²) in [6, 6.07) is 5.97. The zero-order valence-electron chi connectivity index (χ0n) is 17.5. The number of hydrogen-bond donors (Lipinski definition) is 0. The molecule has 0 radical (unpaired) electrons. The number of amides is 1. The smallest absolute Gasteiger partial charge is 0.229 e. The van der Waals surface area contributed by atoms with Gasteiger partial charge in [-0.2, -0.15) is 0 Å². The number of Topliss-reactive ketones (excluding diaryl/α,β-unsaturated/α-hetero) is 1. The Kier molecular flexibility index (Phi) is 4.73. The van der Waals surface area contributed by atoms with Crippen LogP contribution in [0.2, 0.25) is 5.02 Å². The molecule has 0 bridgehead atoms. The summed E-state index contributed by atoms with van der Waals surface area (Å²) >= 11 is 6.20. The molecule has 7 heteroatoms. The van der Waals surface area contributed by atoms with Gasteiger partial charge in [0.1, 0.15) is 17.4 Å². The van der Waals surface area contributed by atoms with Crippen molar-refractivity contribution in [2.24, 2.45) is 5.41 Å². The van der Waals surface area contributed by atoms with E-state index in [2.05, 4.69) is 28.6 Å². The van der Waals surface area contributed by atoms with Crippen LogP contribution in [0.15, 0.2) is 18.2 Å². The van der Waals surface area contributed by atoms with E-state index in [4.69, 9.17) is 11.6 Å². The minimum absolute atomic E-state index is 0.129. The molecule has 1 saturated carbocycles. The maximum Gasteiger partial charge on any atom is 0.229 e. The normalized spacial score (nSPS) is 26.3. The van der Waals surface area contributed by atoms with E-state index in [0.717, 1.165) is 55.7 Å². The molecule has 0 unspecified atom stereocenters. The third kappa shape index (κ3) is 3.08. The van der Waals surface area contributed by atoms with Crippen LogP contribution in [0.1, 0.15) is 69.1 Å². The molecule has 2 fully saturated rings. The number of ketones is 1. The van der Waals surface area contributed by atoms with Gasteiger partial charge in [0.15, 0.2) is 0 Å². The highest BCUT2D eigenvalue weighted by atomic mass is 35.5. The molecule has 5 rings (SSSR count). The van der Waals surface area contributed by atoms with Crippen molar-refractivity contribution >= 4 is 23.3 Å². The fourth-order valence-corrected chi connectivity index (χ4v) is 5.76. The van der Waals surface area contributed by atoms with E-state index >= 15 is 0 Å². The number of nitrogens with zero attached hydrogens (tertiary/aromatic N) is 4. The topological polar surface area (TPSA) is 68.1 Å². The molecule has 1 amide bonds. The summed E-state index contributed by atoms with van der Waals surface area (Å²) in [5, 5.41) is 9.55. The first-order chi connectivity index (χ1) is 14.4. The van der Waals surface area contributed by atoms with Crippen molar-refractivity contribution in [3.63, 3.8) is 0 Å². The second-order valence-electron chi connectivity index (χ2n) is 9.37. The quantitative estimate of drug-likeness (QED) is 0.730. The van der Waals surface area contributed by atoms with Crippen molar-refractivity contribution in [3.05, 3.63) is 40.4 Å². The molecule has 6 nitrogen and oxygen atoms in total. The van der Waals surface area contributed by atoms with Crippen LogP contribution in [0.4, 0.5) is 0 Å². The van der Waals surface area contributed by atoms with Crippen LogP contribution < -0.4 is 0 Å². The number of likely N-dealkylation sites (tertiary alicyclic amines) is 1. The van der Waals surface area contributed by atoms with Gasteiger partial charge in [-0.3, -0.25) is 14.2 Å². The molecule has 1 saturated heterocycles. The number of fused-ring (bicyclic) bond motifs is 3. The van der Waals surface area contributed by atoms with E-state index in [1.165, 1.54) is 0 Å². The fraction of sp³-hybridized carbons (Fsp3) is 0.565. The maximum atomic E-state index is 13.1. The summed E-state index contributed by atoms with van der Waals surface area (Å²) in [5.74, 6) is 2.34. The van der Waals surface area contributed by atoms with Crippen molar-refractivity contribution in [1.29, 1.82) is 0 Å². The molecule has 30 heavy (non-hydrogen) atoms. The molecule has 2 aliphatic heterocycles. The van der Waals surface area contributed by atoms with Gasteiger partial charge in [0.2, 0.25) is 5.91 Å². The predicted octanol–water partition coefficient (Wildman–Crippen LogP) is 3.87. The van der Waals surface area contributed by atoms with Crippen LogP contribution in [0.25, 0.3) is 5.69 Å². The Balaban J connectivity index is 1.44. The van der Waals surface area contributed by atoms with E-state index in [1.54, 1.807) is 0 Å². The third-order valence-corrected chi connectivity index (χ3v) is 7.49. The average molecular weight is 427 g/mol. The number of rotatable bonds is 2. The Morgan fingerprint density at radius 3 is 2.57 bits per heavy atom. The summed E-state index contributed by atoms with van der Waals surface area (Å²) in [6.07, 6.45) is 5.26. The van der Waals surface area contributed by atoms with Gasteiger partial charge in [0.05, 0.1) is 17.5 Å². The van der Waals surface area contributed by atoms with E-state index in [1.807, 2.05) is 23.1 Å². The molecule has 1 aliphatic carbocycles. The lowest BCUT2D eigenvalue weighted by Gasteiger charge is -2.36. The van der Waals surface area contributed by atoms with Gasteiger partial charge in [-0.15, -0.1) is 10.2 Å². The molecule has 158 valence electrons. The lowest BCUT2D eigenvalue weighted by molar-refractivity contribution is -0.139. The van der Waals surface area contributed by atoms with Gasteiger partial charge >= 0.3 is 0 Å². The summed E-state index contributed by atoms with van der Waals surface area (Å²) < 4.78 is 2.08. The maximum absolute atomic E-state index is 13.1.